The Hall–Kier alpha value is -1.55. The lowest BCUT2D eigenvalue weighted by molar-refractivity contribution is -0.134. The van der Waals surface area contributed by atoms with Crippen molar-refractivity contribution in [3.05, 3.63) is 29.8 Å². The summed E-state index contributed by atoms with van der Waals surface area (Å²) in [6.07, 6.45) is 14.3. The molecule has 0 aliphatic heterocycles. The molecule has 2 saturated carbocycles. The highest BCUT2D eigenvalue weighted by Crippen LogP contribution is 2.27. The van der Waals surface area contributed by atoms with Crippen LogP contribution in [0.2, 0.25) is 0 Å². The molecule has 1 unspecified atom stereocenters. The maximum atomic E-state index is 12.6. The van der Waals surface area contributed by atoms with Gasteiger partial charge < -0.3 is 15.0 Å². The van der Waals surface area contributed by atoms with Gasteiger partial charge in [0, 0.05) is 31.2 Å². The molecule has 2 aliphatic rings. The van der Waals surface area contributed by atoms with Gasteiger partial charge in [-0.1, -0.05) is 69.6 Å². The molecule has 0 spiro atoms. The first-order valence-electron chi connectivity index (χ1n) is 11.8. The van der Waals surface area contributed by atoms with Gasteiger partial charge in [0.2, 0.25) is 0 Å². The van der Waals surface area contributed by atoms with Crippen molar-refractivity contribution in [2.24, 2.45) is 5.92 Å². The first-order chi connectivity index (χ1) is 14.1. The molecule has 1 N–H and O–H groups in total. The van der Waals surface area contributed by atoms with Gasteiger partial charge in [-0.15, -0.1) is 0 Å². The molecule has 2 aliphatic carbocycles. The van der Waals surface area contributed by atoms with E-state index in [9.17, 15) is 4.79 Å². The molecule has 2 fully saturated rings. The summed E-state index contributed by atoms with van der Waals surface area (Å²) in [5.74, 6) is 1.80. The van der Waals surface area contributed by atoms with Crippen molar-refractivity contribution >= 4 is 5.91 Å². The Balaban J connectivity index is 1.46. The van der Waals surface area contributed by atoms with Gasteiger partial charge in [0.15, 0.2) is 6.61 Å². The van der Waals surface area contributed by atoms with E-state index in [1.54, 1.807) is 0 Å². The lowest BCUT2D eigenvalue weighted by Gasteiger charge is -2.31. The van der Waals surface area contributed by atoms with Crippen LogP contribution < -0.4 is 10.1 Å². The largest absolute Gasteiger partial charge is 0.483 e. The lowest BCUT2D eigenvalue weighted by Crippen LogP contribution is -2.40. The van der Waals surface area contributed by atoms with Crippen LogP contribution >= 0.6 is 0 Å². The van der Waals surface area contributed by atoms with Crippen molar-refractivity contribution in [3.63, 3.8) is 0 Å². The Morgan fingerprint density at radius 3 is 2.45 bits per heavy atom. The molecular weight excluding hydrogens is 360 g/mol. The molecule has 0 saturated heterocycles. The maximum Gasteiger partial charge on any atom is 0.260 e. The molecule has 3 rings (SSSR count). The van der Waals surface area contributed by atoms with Crippen LogP contribution in [0.5, 0.6) is 5.75 Å². The monoisotopic (exact) mass is 400 g/mol. The van der Waals surface area contributed by atoms with Gasteiger partial charge >= 0.3 is 0 Å². The van der Waals surface area contributed by atoms with Crippen LogP contribution in [-0.4, -0.2) is 36.5 Å². The zero-order chi connectivity index (χ0) is 20.5. The highest BCUT2D eigenvalue weighted by Gasteiger charge is 2.22. The summed E-state index contributed by atoms with van der Waals surface area (Å²) < 4.78 is 5.96. The summed E-state index contributed by atoms with van der Waals surface area (Å²) in [4.78, 5) is 14.5. The Bertz CT molecular complexity index is 621. The summed E-state index contributed by atoms with van der Waals surface area (Å²) in [7, 11) is 1.93. The minimum atomic E-state index is 0.0883. The normalized spacial score (nSPS) is 19.7. The number of para-hydroxylation sites is 1. The van der Waals surface area contributed by atoms with Crippen molar-refractivity contribution in [2.45, 2.75) is 96.2 Å². The molecule has 1 amide bonds. The van der Waals surface area contributed by atoms with Crippen LogP contribution in [0.25, 0.3) is 0 Å². The van der Waals surface area contributed by atoms with Gasteiger partial charge in [0.1, 0.15) is 5.75 Å². The van der Waals surface area contributed by atoms with Crippen molar-refractivity contribution in [3.8, 4) is 5.75 Å². The van der Waals surface area contributed by atoms with E-state index >= 15 is 0 Å². The number of nitrogens with zero attached hydrogens (tertiary/aromatic N) is 1. The van der Waals surface area contributed by atoms with E-state index in [1.807, 2.05) is 30.1 Å². The first kappa shape index (κ1) is 22.1. The molecule has 1 atom stereocenters. The topological polar surface area (TPSA) is 41.6 Å². The summed E-state index contributed by atoms with van der Waals surface area (Å²) in [5, 5.41) is 3.67. The number of carbonyl (C=O) groups is 1. The SMILES string of the molecule is CC(CC1CCCCC1)NCc1ccccc1OCC(=O)N(C)C1CCCCC1. The average molecular weight is 401 g/mol. The van der Waals surface area contributed by atoms with E-state index in [4.69, 9.17) is 4.74 Å². The van der Waals surface area contributed by atoms with Gasteiger partial charge in [-0.25, -0.2) is 0 Å². The molecular formula is C25H40N2O2. The standard InChI is InChI=1S/C25H40N2O2/c1-20(17-21-11-5-3-6-12-21)26-18-22-13-9-10-16-24(22)29-19-25(28)27(2)23-14-7-4-8-15-23/h9-10,13,16,20-21,23,26H,3-8,11-12,14-15,17-19H2,1-2H3. The number of likely N-dealkylation sites (N-methyl/N-ethyl adjacent to an activating group) is 1. The molecule has 29 heavy (non-hydrogen) atoms. The van der Waals surface area contributed by atoms with Crippen LogP contribution in [0.3, 0.4) is 0 Å². The van der Waals surface area contributed by atoms with Crippen molar-refractivity contribution in [1.82, 2.24) is 10.2 Å². The zero-order valence-electron chi connectivity index (χ0n) is 18.5. The average Bonchev–Trinajstić information content (AvgIpc) is 2.77. The number of ether oxygens (including phenoxy) is 1. The van der Waals surface area contributed by atoms with Crippen molar-refractivity contribution in [1.29, 1.82) is 0 Å². The van der Waals surface area contributed by atoms with E-state index < -0.39 is 0 Å². The molecule has 4 nitrogen and oxygen atoms in total. The lowest BCUT2D eigenvalue weighted by atomic mass is 9.85. The summed E-state index contributed by atoms with van der Waals surface area (Å²) in [6.45, 7) is 3.21. The van der Waals surface area contributed by atoms with Crippen LogP contribution in [-0.2, 0) is 11.3 Å². The minimum absolute atomic E-state index is 0.0883. The first-order valence-corrected chi connectivity index (χ1v) is 11.8. The molecule has 4 heteroatoms. The van der Waals surface area contributed by atoms with Crippen LogP contribution in [0.4, 0.5) is 0 Å². The number of carbonyl (C=O) groups excluding carboxylic acids is 1. The second-order valence-corrected chi connectivity index (χ2v) is 9.21. The highest BCUT2D eigenvalue weighted by atomic mass is 16.5. The summed E-state index contributed by atoms with van der Waals surface area (Å²) in [5.41, 5.74) is 1.14. The van der Waals surface area contributed by atoms with Gasteiger partial charge in [0.25, 0.3) is 5.91 Å². The molecule has 0 bridgehead atoms. The number of nitrogens with one attached hydrogen (secondary N) is 1. The van der Waals surface area contributed by atoms with Crippen molar-refractivity contribution in [2.75, 3.05) is 13.7 Å². The predicted octanol–water partition coefficient (Wildman–Crippen LogP) is 5.31. The van der Waals surface area contributed by atoms with Gasteiger partial charge in [-0.2, -0.15) is 0 Å². The van der Waals surface area contributed by atoms with Gasteiger partial charge in [-0.3, -0.25) is 4.79 Å². The molecule has 0 radical (unpaired) electrons. The maximum absolute atomic E-state index is 12.6. The van der Waals surface area contributed by atoms with E-state index in [1.165, 1.54) is 57.8 Å². The Kier molecular flexibility index (Phi) is 8.85. The third kappa shape index (κ3) is 7.02. The van der Waals surface area contributed by atoms with E-state index in [0.29, 0.717) is 12.1 Å². The summed E-state index contributed by atoms with van der Waals surface area (Å²) in [6, 6.07) is 9.01. The molecule has 0 heterocycles. The van der Waals surface area contributed by atoms with Crippen molar-refractivity contribution < 1.29 is 9.53 Å². The second kappa shape index (κ2) is 11.6. The third-order valence-electron chi connectivity index (χ3n) is 6.89. The Labute approximate surface area is 177 Å². The fraction of sp³-hybridized carbons (Fsp3) is 0.720. The number of amides is 1. The fourth-order valence-corrected chi connectivity index (χ4v) is 4.99. The highest BCUT2D eigenvalue weighted by molar-refractivity contribution is 5.77. The Morgan fingerprint density at radius 1 is 1.07 bits per heavy atom. The molecule has 162 valence electrons. The third-order valence-corrected chi connectivity index (χ3v) is 6.89. The summed E-state index contributed by atoms with van der Waals surface area (Å²) >= 11 is 0. The predicted molar refractivity (Wildman–Crippen MR) is 119 cm³/mol. The number of benzene rings is 1. The van der Waals surface area contributed by atoms with Gasteiger partial charge in [-0.05, 0) is 38.2 Å². The van der Waals surface area contributed by atoms with E-state index in [-0.39, 0.29) is 12.5 Å². The fourth-order valence-electron chi connectivity index (χ4n) is 4.99. The number of rotatable bonds is 9. The Morgan fingerprint density at radius 2 is 1.72 bits per heavy atom. The minimum Gasteiger partial charge on any atom is -0.483 e. The number of hydrogen-bond acceptors (Lipinski definition) is 3. The molecule has 1 aromatic rings. The second-order valence-electron chi connectivity index (χ2n) is 9.21. The van der Waals surface area contributed by atoms with E-state index in [0.717, 1.165) is 36.6 Å². The van der Waals surface area contributed by atoms with Gasteiger partial charge in [0.05, 0.1) is 0 Å². The molecule has 1 aromatic carbocycles. The quantitative estimate of drug-likeness (QED) is 0.611. The van der Waals surface area contributed by atoms with Crippen LogP contribution in [0.15, 0.2) is 24.3 Å². The van der Waals surface area contributed by atoms with Crippen LogP contribution in [0.1, 0.15) is 83.1 Å². The van der Waals surface area contributed by atoms with E-state index in [2.05, 4.69) is 18.3 Å². The van der Waals surface area contributed by atoms with Crippen LogP contribution in [0, 0.1) is 5.92 Å². The number of hydrogen-bond donors (Lipinski definition) is 1. The zero-order valence-corrected chi connectivity index (χ0v) is 18.5. The molecule has 0 aromatic heterocycles. The smallest absolute Gasteiger partial charge is 0.260 e.